The molecule has 0 saturated heterocycles. The summed E-state index contributed by atoms with van der Waals surface area (Å²) in [6, 6.07) is 7.52. The van der Waals surface area contributed by atoms with E-state index in [-0.39, 0.29) is 10.6 Å². The summed E-state index contributed by atoms with van der Waals surface area (Å²) in [6.07, 6.45) is 6.15. The number of nitro benzene ring substituents is 1. The Kier molecular flexibility index (Phi) is 4.91. The van der Waals surface area contributed by atoms with Crippen molar-refractivity contribution in [3.05, 3.63) is 39.9 Å². The first-order valence-electron chi connectivity index (χ1n) is 7.12. The Balaban J connectivity index is 1.72. The van der Waals surface area contributed by atoms with Gasteiger partial charge >= 0.3 is 0 Å². The Bertz CT molecular complexity index is 409. The molecule has 0 heterocycles. The van der Waals surface area contributed by atoms with E-state index in [1.54, 1.807) is 12.1 Å². The highest BCUT2D eigenvalue weighted by molar-refractivity contribution is 5.32. The summed E-state index contributed by atoms with van der Waals surface area (Å²) in [5.41, 5.74) is 1.32. The van der Waals surface area contributed by atoms with E-state index >= 15 is 0 Å². The lowest BCUT2D eigenvalue weighted by Crippen LogP contribution is -2.34. The SMILES string of the molecule is CC1CCC(NCCc2ccc([N+](=O)[O-])cc2)CC1. The first-order valence-corrected chi connectivity index (χ1v) is 7.12. The normalized spacial score (nSPS) is 23.2. The molecule has 2 rings (SSSR count). The zero-order valence-electron chi connectivity index (χ0n) is 11.5. The van der Waals surface area contributed by atoms with Crippen molar-refractivity contribution in [3.63, 3.8) is 0 Å². The number of nitro groups is 1. The molecule has 4 nitrogen and oxygen atoms in total. The summed E-state index contributed by atoms with van der Waals surface area (Å²) in [5.74, 6) is 0.882. The second kappa shape index (κ2) is 6.66. The van der Waals surface area contributed by atoms with Crippen molar-refractivity contribution in [2.75, 3.05) is 6.54 Å². The van der Waals surface area contributed by atoms with Gasteiger partial charge in [-0.2, -0.15) is 0 Å². The van der Waals surface area contributed by atoms with Gasteiger partial charge in [-0.3, -0.25) is 10.1 Å². The lowest BCUT2D eigenvalue weighted by Gasteiger charge is -2.27. The van der Waals surface area contributed by atoms with Crippen LogP contribution >= 0.6 is 0 Å². The van der Waals surface area contributed by atoms with Crippen molar-refractivity contribution in [1.29, 1.82) is 0 Å². The molecule has 0 aromatic heterocycles. The van der Waals surface area contributed by atoms with Crippen LogP contribution in [0.25, 0.3) is 0 Å². The number of hydrogen-bond donors (Lipinski definition) is 1. The predicted octanol–water partition coefficient (Wildman–Crippen LogP) is 3.31. The zero-order chi connectivity index (χ0) is 13.7. The molecule has 1 aliphatic rings. The molecule has 0 radical (unpaired) electrons. The summed E-state index contributed by atoms with van der Waals surface area (Å²) >= 11 is 0. The van der Waals surface area contributed by atoms with Crippen LogP contribution in [0.4, 0.5) is 5.69 Å². The van der Waals surface area contributed by atoms with Crippen molar-refractivity contribution >= 4 is 5.69 Å². The molecule has 0 aliphatic heterocycles. The monoisotopic (exact) mass is 262 g/mol. The van der Waals surface area contributed by atoms with E-state index in [0.29, 0.717) is 6.04 Å². The Morgan fingerprint density at radius 3 is 2.42 bits per heavy atom. The van der Waals surface area contributed by atoms with Crippen LogP contribution in [0.15, 0.2) is 24.3 Å². The maximum Gasteiger partial charge on any atom is 0.269 e. The number of non-ortho nitro benzene ring substituents is 1. The minimum absolute atomic E-state index is 0.165. The first-order chi connectivity index (χ1) is 9.15. The third-order valence-corrected chi connectivity index (χ3v) is 4.01. The van der Waals surface area contributed by atoms with E-state index in [0.717, 1.165) is 24.4 Å². The fourth-order valence-corrected chi connectivity index (χ4v) is 2.67. The minimum Gasteiger partial charge on any atom is -0.314 e. The van der Waals surface area contributed by atoms with Gasteiger partial charge in [-0.25, -0.2) is 0 Å². The molecular formula is C15H22N2O2. The summed E-state index contributed by atoms with van der Waals surface area (Å²) in [7, 11) is 0. The third-order valence-electron chi connectivity index (χ3n) is 4.01. The van der Waals surface area contributed by atoms with E-state index in [1.165, 1.54) is 25.7 Å². The molecule has 1 N–H and O–H groups in total. The van der Waals surface area contributed by atoms with Crippen molar-refractivity contribution < 1.29 is 4.92 Å². The van der Waals surface area contributed by atoms with Gasteiger partial charge in [0.25, 0.3) is 5.69 Å². The van der Waals surface area contributed by atoms with Gasteiger partial charge in [-0.05, 0) is 50.1 Å². The number of hydrogen-bond acceptors (Lipinski definition) is 3. The maximum absolute atomic E-state index is 10.6. The van der Waals surface area contributed by atoms with Gasteiger partial charge in [0.1, 0.15) is 0 Å². The van der Waals surface area contributed by atoms with Gasteiger partial charge in [0.2, 0.25) is 0 Å². The molecule has 19 heavy (non-hydrogen) atoms. The Hall–Kier alpha value is -1.42. The lowest BCUT2D eigenvalue weighted by atomic mass is 9.87. The summed E-state index contributed by atoms with van der Waals surface area (Å²) < 4.78 is 0. The first kappa shape index (κ1) is 14.0. The molecule has 1 aliphatic carbocycles. The van der Waals surface area contributed by atoms with Gasteiger partial charge < -0.3 is 5.32 Å². The van der Waals surface area contributed by atoms with Crippen LogP contribution in [0.3, 0.4) is 0 Å². The van der Waals surface area contributed by atoms with Gasteiger partial charge in [0.05, 0.1) is 4.92 Å². The van der Waals surface area contributed by atoms with Crippen LogP contribution in [-0.4, -0.2) is 17.5 Å². The molecule has 1 aromatic carbocycles. The summed E-state index contributed by atoms with van der Waals surface area (Å²) in [4.78, 5) is 10.2. The molecule has 1 aromatic rings. The number of rotatable bonds is 5. The number of nitrogens with zero attached hydrogens (tertiary/aromatic N) is 1. The van der Waals surface area contributed by atoms with Gasteiger partial charge in [-0.15, -0.1) is 0 Å². The highest BCUT2D eigenvalue weighted by atomic mass is 16.6. The topological polar surface area (TPSA) is 55.2 Å². The van der Waals surface area contributed by atoms with Crippen LogP contribution < -0.4 is 5.32 Å². The molecule has 1 saturated carbocycles. The molecule has 0 bridgehead atoms. The molecule has 0 unspecified atom stereocenters. The fraction of sp³-hybridized carbons (Fsp3) is 0.600. The van der Waals surface area contributed by atoms with Crippen molar-refractivity contribution in [1.82, 2.24) is 5.32 Å². The zero-order valence-corrected chi connectivity index (χ0v) is 11.5. The van der Waals surface area contributed by atoms with E-state index in [2.05, 4.69) is 12.2 Å². The molecule has 0 amide bonds. The highest BCUT2D eigenvalue weighted by Gasteiger charge is 2.17. The summed E-state index contributed by atoms with van der Waals surface area (Å²) in [5, 5.41) is 14.1. The quantitative estimate of drug-likeness (QED) is 0.654. The molecule has 0 atom stereocenters. The fourth-order valence-electron chi connectivity index (χ4n) is 2.67. The lowest BCUT2D eigenvalue weighted by molar-refractivity contribution is -0.384. The Labute approximate surface area is 114 Å². The second-order valence-electron chi connectivity index (χ2n) is 5.58. The van der Waals surface area contributed by atoms with Crippen LogP contribution in [0.5, 0.6) is 0 Å². The second-order valence-corrected chi connectivity index (χ2v) is 5.58. The largest absolute Gasteiger partial charge is 0.314 e. The van der Waals surface area contributed by atoms with Gasteiger partial charge in [0, 0.05) is 18.2 Å². The maximum atomic E-state index is 10.6. The van der Waals surface area contributed by atoms with Crippen LogP contribution in [0.1, 0.15) is 38.2 Å². The standard InChI is InChI=1S/C15H22N2O2/c1-12-2-6-14(7-3-12)16-11-10-13-4-8-15(9-5-13)17(18)19/h4-5,8-9,12,14,16H,2-3,6-7,10-11H2,1H3. The molecule has 104 valence electrons. The molecule has 1 fully saturated rings. The van der Waals surface area contributed by atoms with Crippen LogP contribution in [0, 0.1) is 16.0 Å². The van der Waals surface area contributed by atoms with E-state index < -0.39 is 0 Å². The van der Waals surface area contributed by atoms with E-state index in [4.69, 9.17) is 0 Å². The Morgan fingerprint density at radius 1 is 1.21 bits per heavy atom. The molecular weight excluding hydrogens is 240 g/mol. The van der Waals surface area contributed by atoms with Gasteiger partial charge in [0.15, 0.2) is 0 Å². The Morgan fingerprint density at radius 2 is 1.84 bits per heavy atom. The van der Waals surface area contributed by atoms with Crippen LogP contribution in [0.2, 0.25) is 0 Å². The minimum atomic E-state index is -0.356. The molecule has 0 spiro atoms. The van der Waals surface area contributed by atoms with Crippen molar-refractivity contribution in [2.45, 2.75) is 45.1 Å². The third kappa shape index (κ3) is 4.31. The average molecular weight is 262 g/mol. The smallest absolute Gasteiger partial charge is 0.269 e. The number of benzene rings is 1. The van der Waals surface area contributed by atoms with Crippen molar-refractivity contribution in [2.24, 2.45) is 5.92 Å². The highest BCUT2D eigenvalue weighted by Crippen LogP contribution is 2.23. The van der Waals surface area contributed by atoms with Gasteiger partial charge in [-0.1, -0.05) is 19.1 Å². The van der Waals surface area contributed by atoms with E-state index in [1.807, 2.05) is 12.1 Å². The predicted molar refractivity (Wildman–Crippen MR) is 76.2 cm³/mol. The average Bonchev–Trinajstić information content (AvgIpc) is 2.41. The molecule has 4 heteroatoms. The summed E-state index contributed by atoms with van der Waals surface area (Å²) in [6.45, 7) is 3.28. The van der Waals surface area contributed by atoms with Crippen molar-refractivity contribution in [3.8, 4) is 0 Å². The van der Waals surface area contributed by atoms with E-state index in [9.17, 15) is 10.1 Å². The van der Waals surface area contributed by atoms with Crippen LogP contribution in [-0.2, 0) is 6.42 Å². The number of nitrogens with one attached hydrogen (secondary N) is 1.